The molecule has 4 rings (SSSR count). The van der Waals surface area contributed by atoms with Crippen molar-refractivity contribution in [1.82, 2.24) is 0 Å². The second-order valence-corrected chi connectivity index (χ2v) is 18.1. The fourth-order valence-corrected chi connectivity index (χ4v) is 10.3. The van der Waals surface area contributed by atoms with Gasteiger partial charge in [0.1, 0.15) is 6.15 Å². The minimum atomic E-state index is -1.75. The van der Waals surface area contributed by atoms with Gasteiger partial charge in [-0.2, -0.15) is 21.9 Å². The molecule has 0 aliphatic heterocycles. The number of hydrogen-bond acceptors (Lipinski definition) is 0. The van der Waals surface area contributed by atoms with E-state index in [1.165, 1.54) is 0 Å². The van der Waals surface area contributed by atoms with Crippen LogP contribution in [0, 0.1) is 0 Å². The molecule has 38 heavy (non-hydrogen) atoms. The predicted octanol–water partition coefficient (Wildman–Crippen LogP) is 9.22. The molecule has 0 aromatic heterocycles. The van der Waals surface area contributed by atoms with Crippen molar-refractivity contribution < 1.29 is 29.6 Å². The molecule has 0 aliphatic carbocycles. The van der Waals surface area contributed by atoms with Crippen molar-refractivity contribution in [1.29, 1.82) is 0 Å². The third-order valence-electron chi connectivity index (χ3n) is 6.02. The first-order valence-corrected chi connectivity index (χ1v) is 19.6. The van der Waals surface area contributed by atoms with Gasteiger partial charge in [-0.25, -0.2) is 0 Å². The van der Waals surface area contributed by atoms with Crippen molar-refractivity contribution in [2.45, 2.75) is 0 Å². The van der Waals surface area contributed by atoms with Gasteiger partial charge in [-0.3, -0.25) is 0 Å². The minimum Gasteiger partial charge on any atom is -0.193 e. The molecule has 0 radical (unpaired) electrons. The van der Waals surface area contributed by atoms with E-state index in [0.717, 1.165) is 75.5 Å². The molecule has 0 amide bonds. The van der Waals surface area contributed by atoms with Crippen molar-refractivity contribution in [2.24, 2.45) is 0 Å². The van der Waals surface area contributed by atoms with E-state index in [1.54, 1.807) is 0 Å². The van der Waals surface area contributed by atoms with Crippen LogP contribution in [0.1, 0.15) is 0 Å². The summed E-state index contributed by atoms with van der Waals surface area (Å²) in [6.07, 6.45) is -1.75. The summed E-state index contributed by atoms with van der Waals surface area (Å²) in [5, 5.41) is 0. The van der Waals surface area contributed by atoms with Crippen molar-refractivity contribution in [3.05, 3.63) is 102 Å². The SMILES string of the molecule is Brc1cc([B-](c2cc(Br)c(Br)c(Br)c2)(c2cc(Br)c(Br)c(Br)c2)c2cc(Br)c(Br)c(Br)c2)cc(Br)c1Br.[Na+]. The van der Waals surface area contributed by atoms with Gasteiger partial charge in [-0.15, -0.1) is 0 Å². The number of benzene rings is 4. The maximum Gasteiger partial charge on any atom is 1.00 e. The molecular formula is C24H8BBr12Na. The van der Waals surface area contributed by atoms with Crippen molar-refractivity contribution in [2.75, 3.05) is 0 Å². The van der Waals surface area contributed by atoms with Crippen LogP contribution >= 0.6 is 191 Å². The summed E-state index contributed by atoms with van der Waals surface area (Å²) in [7, 11) is 0. The van der Waals surface area contributed by atoms with Crippen LogP contribution in [-0.2, 0) is 0 Å². The second kappa shape index (κ2) is 14.9. The van der Waals surface area contributed by atoms with E-state index in [9.17, 15) is 0 Å². The van der Waals surface area contributed by atoms with Crippen LogP contribution < -0.4 is 51.4 Å². The van der Waals surface area contributed by atoms with Gasteiger partial charge in [-0.1, -0.05) is 48.5 Å². The quantitative estimate of drug-likeness (QED) is 0.141. The van der Waals surface area contributed by atoms with Gasteiger partial charge in [0.15, 0.2) is 0 Å². The van der Waals surface area contributed by atoms with Gasteiger partial charge >= 0.3 is 29.6 Å². The second-order valence-electron chi connectivity index (χ2n) is 8.06. The summed E-state index contributed by atoms with van der Waals surface area (Å²) in [5.74, 6) is 0. The van der Waals surface area contributed by atoms with Gasteiger partial charge in [0, 0.05) is 53.7 Å². The van der Waals surface area contributed by atoms with Gasteiger partial charge in [-0.05, 0) is 191 Å². The van der Waals surface area contributed by atoms with E-state index < -0.39 is 6.15 Å². The Morgan fingerprint density at radius 3 is 0.553 bits per heavy atom. The Hall–Kier alpha value is 3.70. The zero-order chi connectivity index (χ0) is 27.4. The third-order valence-corrected chi connectivity index (χ3v) is 18.7. The van der Waals surface area contributed by atoms with Crippen LogP contribution in [-0.4, -0.2) is 6.15 Å². The first-order chi connectivity index (χ1) is 17.3. The van der Waals surface area contributed by atoms with Crippen LogP contribution in [0.3, 0.4) is 0 Å². The molecule has 0 atom stereocenters. The summed E-state index contributed by atoms with van der Waals surface area (Å²) in [6, 6.07) is 17.5. The molecule has 0 saturated carbocycles. The Labute approximate surface area is 344 Å². The van der Waals surface area contributed by atoms with E-state index >= 15 is 0 Å². The summed E-state index contributed by atoms with van der Waals surface area (Å²) in [6.45, 7) is 0. The summed E-state index contributed by atoms with van der Waals surface area (Å²) >= 11 is 45.1. The molecule has 192 valence electrons. The standard InChI is InChI=1S/C24H8BBr12.Na/c26-13-1-9(2-14(27)21(13)34)25(10-3-15(28)22(35)16(29)4-10,11-5-17(30)23(36)18(31)6-11)12-7-19(32)24(37)20(33)8-12;/h1-8H;/q-1;+1. The van der Waals surface area contributed by atoms with E-state index in [2.05, 4.69) is 240 Å². The van der Waals surface area contributed by atoms with Crippen LogP contribution in [0.2, 0.25) is 0 Å². The molecule has 0 spiro atoms. The largest absolute Gasteiger partial charge is 1.00 e. The molecule has 0 heterocycles. The summed E-state index contributed by atoms with van der Waals surface area (Å²) in [5.41, 5.74) is 4.46. The molecule has 14 heteroatoms. The Morgan fingerprint density at radius 2 is 0.421 bits per heavy atom. The number of rotatable bonds is 4. The van der Waals surface area contributed by atoms with Crippen LogP contribution in [0.4, 0.5) is 0 Å². The number of hydrogen-bond donors (Lipinski definition) is 0. The molecular weight excluding hydrogens is 1280 g/mol. The molecule has 0 fully saturated rings. The fraction of sp³-hybridized carbons (Fsp3) is 0. The van der Waals surface area contributed by atoms with Crippen LogP contribution in [0.15, 0.2) is 102 Å². The molecule has 4 aromatic rings. The van der Waals surface area contributed by atoms with Crippen LogP contribution in [0.5, 0.6) is 0 Å². The molecule has 0 N–H and O–H groups in total. The van der Waals surface area contributed by atoms with Crippen molar-refractivity contribution >= 4 is 219 Å². The normalized spacial score (nSPS) is 11.5. The average Bonchev–Trinajstić information content (AvgIpc) is 2.83. The van der Waals surface area contributed by atoms with Gasteiger partial charge in [0.25, 0.3) is 0 Å². The van der Waals surface area contributed by atoms with E-state index in [-0.39, 0.29) is 29.6 Å². The van der Waals surface area contributed by atoms with E-state index in [0.29, 0.717) is 0 Å². The minimum absolute atomic E-state index is 0. The number of halogens is 12. The molecule has 0 saturated heterocycles. The predicted molar refractivity (Wildman–Crippen MR) is 202 cm³/mol. The Balaban J connectivity index is 0.00000400. The summed E-state index contributed by atoms with van der Waals surface area (Å²) < 4.78 is 11.4. The first kappa shape index (κ1) is 36.2. The van der Waals surface area contributed by atoms with Gasteiger partial charge in [0.2, 0.25) is 0 Å². The average molecular weight is 1290 g/mol. The van der Waals surface area contributed by atoms with Crippen molar-refractivity contribution in [3.8, 4) is 0 Å². The van der Waals surface area contributed by atoms with Gasteiger partial charge in [0.05, 0.1) is 0 Å². The fourth-order valence-electron chi connectivity index (χ4n) is 4.46. The van der Waals surface area contributed by atoms with E-state index in [1.807, 2.05) is 0 Å². The smallest absolute Gasteiger partial charge is 0.193 e. The van der Waals surface area contributed by atoms with E-state index in [4.69, 9.17) is 0 Å². The zero-order valence-corrected chi connectivity index (χ0v) is 39.8. The summed E-state index contributed by atoms with van der Waals surface area (Å²) in [4.78, 5) is 0. The third kappa shape index (κ3) is 7.07. The molecule has 0 nitrogen and oxygen atoms in total. The molecule has 4 aromatic carbocycles. The Kier molecular flexibility index (Phi) is 14.2. The van der Waals surface area contributed by atoms with Crippen LogP contribution in [0.25, 0.3) is 0 Å². The van der Waals surface area contributed by atoms with Gasteiger partial charge < -0.3 is 0 Å². The first-order valence-electron chi connectivity index (χ1n) is 10.0. The molecule has 0 aliphatic rings. The topological polar surface area (TPSA) is 0 Å². The Bertz CT molecular complexity index is 1240. The van der Waals surface area contributed by atoms with Crippen molar-refractivity contribution in [3.63, 3.8) is 0 Å². The maximum atomic E-state index is 3.78. The zero-order valence-electron chi connectivity index (χ0n) is 18.7. The maximum absolute atomic E-state index is 3.78. The monoisotopic (exact) mass is 1280 g/mol. The molecule has 0 bridgehead atoms. The molecule has 0 unspecified atom stereocenters. The Morgan fingerprint density at radius 1 is 0.289 bits per heavy atom.